The van der Waals surface area contributed by atoms with Crippen LogP contribution in [0.3, 0.4) is 0 Å². The third kappa shape index (κ3) is 2.97. The van der Waals surface area contributed by atoms with Crippen LogP contribution in [-0.2, 0) is 4.79 Å². The van der Waals surface area contributed by atoms with Crippen LogP contribution in [0.5, 0.6) is 0 Å². The maximum atomic E-state index is 11.6. The summed E-state index contributed by atoms with van der Waals surface area (Å²) in [6.07, 6.45) is 0.962. The van der Waals surface area contributed by atoms with Crippen molar-refractivity contribution in [2.24, 2.45) is 5.92 Å². The first-order valence-corrected chi connectivity index (χ1v) is 6.29. The fourth-order valence-electron chi connectivity index (χ4n) is 1.57. The molecule has 0 bridgehead atoms. The maximum absolute atomic E-state index is 11.6. The molecule has 3 N–H and O–H groups in total. The van der Waals surface area contributed by atoms with Crippen molar-refractivity contribution in [1.82, 2.24) is 10.6 Å². The van der Waals surface area contributed by atoms with Gasteiger partial charge in [0.2, 0.25) is 0 Å². The van der Waals surface area contributed by atoms with Crippen molar-refractivity contribution in [1.29, 1.82) is 0 Å². The number of hydrogen-bond acceptors (Lipinski definition) is 3. The van der Waals surface area contributed by atoms with Crippen LogP contribution in [0.25, 0.3) is 0 Å². The zero-order chi connectivity index (χ0) is 12.4. The Morgan fingerprint density at radius 3 is 2.76 bits per heavy atom. The van der Waals surface area contributed by atoms with E-state index in [9.17, 15) is 9.59 Å². The van der Waals surface area contributed by atoms with Crippen molar-refractivity contribution in [3.8, 4) is 0 Å². The Balaban J connectivity index is 1.94. The number of carbonyl (C=O) groups is 2. The van der Waals surface area contributed by atoms with Crippen LogP contribution in [-0.4, -0.2) is 23.1 Å². The molecular weight excluding hydrogens is 240 g/mol. The van der Waals surface area contributed by atoms with Gasteiger partial charge in [0, 0.05) is 10.9 Å². The second-order valence-electron chi connectivity index (χ2n) is 4.22. The number of carboxylic acids is 1. The fraction of sp³-hybridized carbons (Fsp3) is 0.455. The van der Waals surface area contributed by atoms with E-state index >= 15 is 0 Å². The van der Waals surface area contributed by atoms with E-state index < -0.39 is 18.0 Å². The molecule has 0 aliphatic heterocycles. The molecule has 0 saturated heterocycles. The first-order chi connectivity index (χ1) is 8.08. The molecular formula is C11H14N2O3S. The SMILES string of the molecule is CC1CC1NC(=O)NC(C(=O)O)c1cccs1. The molecule has 0 aromatic carbocycles. The summed E-state index contributed by atoms with van der Waals surface area (Å²) >= 11 is 1.31. The summed E-state index contributed by atoms with van der Waals surface area (Å²) in [5.74, 6) is -0.558. The van der Waals surface area contributed by atoms with Gasteiger partial charge in [-0.1, -0.05) is 13.0 Å². The summed E-state index contributed by atoms with van der Waals surface area (Å²) in [5.41, 5.74) is 0. The quantitative estimate of drug-likeness (QED) is 0.763. The Bertz CT molecular complexity index is 418. The first-order valence-electron chi connectivity index (χ1n) is 5.41. The number of nitrogens with one attached hydrogen (secondary N) is 2. The van der Waals surface area contributed by atoms with E-state index in [1.54, 1.807) is 17.5 Å². The van der Waals surface area contributed by atoms with Crippen LogP contribution in [0.2, 0.25) is 0 Å². The van der Waals surface area contributed by atoms with E-state index in [4.69, 9.17) is 5.11 Å². The highest BCUT2D eigenvalue weighted by atomic mass is 32.1. The van der Waals surface area contributed by atoms with E-state index in [0.717, 1.165) is 6.42 Å². The molecule has 1 aliphatic carbocycles. The lowest BCUT2D eigenvalue weighted by molar-refractivity contribution is -0.139. The molecule has 2 rings (SSSR count). The molecule has 1 aromatic heterocycles. The van der Waals surface area contributed by atoms with Gasteiger partial charge in [-0.3, -0.25) is 0 Å². The van der Waals surface area contributed by atoms with Crippen molar-refractivity contribution in [2.45, 2.75) is 25.4 Å². The first kappa shape index (κ1) is 11.9. The molecule has 0 radical (unpaired) electrons. The molecule has 1 aromatic rings. The number of rotatable bonds is 4. The van der Waals surface area contributed by atoms with Crippen LogP contribution in [0.4, 0.5) is 4.79 Å². The van der Waals surface area contributed by atoms with Gasteiger partial charge in [-0.2, -0.15) is 0 Å². The molecule has 1 heterocycles. The Kier molecular flexibility index (Phi) is 3.33. The zero-order valence-electron chi connectivity index (χ0n) is 9.34. The Labute approximate surface area is 103 Å². The second-order valence-corrected chi connectivity index (χ2v) is 5.20. The average Bonchev–Trinajstić information content (AvgIpc) is 2.79. The Hall–Kier alpha value is -1.56. The predicted octanol–water partition coefficient (Wildman–Crippen LogP) is 1.58. The molecule has 1 aliphatic rings. The molecule has 3 atom stereocenters. The summed E-state index contributed by atoms with van der Waals surface area (Å²) in [7, 11) is 0. The predicted molar refractivity (Wildman–Crippen MR) is 63.9 cm³/mol. The van der Waals surface area contributed by atoms with Crippen LogP contribution in [0.1, 0.15) is 24.3 Å². The highest BCUT2D eigenvalue weighted by Crippen LogP contribution is 2.29. The van der Waals surface area contributed by atoms with E-state index in [1.165, 1.54) is 11.3 Å². The average molecular weight is 254 g/mol. The van der Waals surface area contributed by atoms with E-state index in [1.807, 2.05) is 6.92 Å². The number of amides is 2. The molecule has 3 unspecified atom stereocenters. The summed E-state index contributed by atoms with van der Waals surface area (Å²) in [6, 6.07) is 2.26. The number of thiophene rings is 1. The van der Waals surface area contributed by atoms with E-state index in [2.05, 4.69) is 10.6 Å². The van der Waals surface area contributed by atoms with Gasteiger partial charge in [0.15, 0.2) is 6.04 Å². The lowest BCUT2D eigenvalue weighted by Gasteiger charge is -2.13. The van der Waals surface area contributed by atoms with Gasteiger partial charge in [-0.15, -0.1) is 11.3 Å². The number of carbonyl (C=O) groups excluding carboxylic acids is 1. The van der Waals surface area contributed by atoms with Crippen LogP contribution in [0, 0.1) is 5.92 Å². The fourth-order valence-corrected chi connectivity index (χ4v) is 2.34. The van der Waals surface area contributed by atoms with Gasteiger partial charge in [-0.05, 0) is 23.8 Å². The lowest BCUT2D eigenvalue weighted by atomic mass is 10.2. The molecule has 17 heavy (non-hydrogen) atoms. The van der Waals surface area contributed by atoms with Gasteiger partial charge in [0.1, 0.15) is 0 Å². The normalized spacial score (nSPS) is 23.8. The molecule has 1 fully saturated rings. The van der Waals surface area contributed by atoms with Crippen molar-refractivity contribution >= 4 is 23.3 Å². The molecule has 0 spiro atoms. The highest BCUT2D eigenvalue weighted by molar-refractivity contribution is 7.10. The molecule has 92 valence electrons. The van der Waals surface area contributed by atoms with Gasteiger partial charge in [0.25, 0.3) is 0 Å². The highest BCUT2D eigenvalue weighted by Gasteiger charge is 2.34. The molecule has 5 nitrogen and oxygen atoms in total. The van der Waals surface area contributed by atoms with Gasteiger partial charge < -0.3 is 15.7 Å². The lowest BCUT2D eigenvalue weighted by Crippen LogP contribution is -2.41. The standard InChI is InChI=1S/C11H14N2O3S/c1-6-5-7(6)12-11(16)13-9(10(14)15)8-3-2-4-17-8/h2-4,6-7,9H,5H2,1H3,(H,14,15)(H2,12,13,16). The molecule has 2 amide bonds. The zero-order valence-corrected chi connectivity index (χ0v) is 10.2. The largest absolute Gasteiger partial charge is 0.479 e. The van der Waals surface area contributed by atoms with E-state index in [0.29, 0.717) is 10.8 Å². The van der Waals surface area contributed by atoms with Crippen molar-refractivity contribution in [3.05, 3.63) is 22.4 Å². The topological polar surface area (TPSA) is 78.4 Å². The minimum absolute atomic E-state index is 0.188. The number of urea groups is 1. The van der Waals surface area contributed by atoms with Gasteiger partial charge in [-0.25, -0.2) is 9.59 Å². The second kappa shape index (κ2) is 4.75. The van der Waals surface area contributed by atoms with Crippen LogP contribution >= 0.6 is 11.3 Å². The Morgan fingerprint density at radius 1 is 1.59 bits per heavy atom. The Morgan fingerprint density at radius 2 is 2.29 bits per heavy atom. The van der Waals surface area contributed by atoms with Gasteiger partial charge >= 0.3 is 12.0 Å². The molecule has 1 saturated carbocycles. The number of aliphatic carboxylic acids is 1. The van der Waals surface area contributed by atoms with Crippen molar-refractivity contribution in [2.75, 3.05) is 0 Å². The minimum atomic E-state index is -1.05. The van der Waals surface area contributed by atoms with Crippen LogP contribution < -0.4 is 10.6 Å². The summed E-state index contributed by atoms with van der Waals surface area (Å²) in [4.78, 5) is 23.3. The number of hydrogen-bond donors (Lipinski definition) is 3. The summed E-state index contributed by atoms with van der Waals surface area (Å²) in [5, 5.41) is 16.1. The van der Waals surface area contributed by atoms with Crippen molar-refractivity contribution < 1.29 is 14.7 Å². The smallest absolute Gasteiger partial charge is 0.331 e. The van der Waals surface area contributed by atoms with Crippen molar-refractivity contribution in [3.63, 3.8) is 0 Å². The number of carboxylic acid groups (broad SMARTS) is 1. The molecule has 6 heteroatoms. The monoisotopic (exact) mass is 254 g/mol. The van der Waals surface area contributed by atoms with E-state index in [-0.39, 0.29) is 6.04 Å². The summed E-state index contributed by atoms with van der Waals surface area (Å²) < 4.78 is 0. The van der Waals surface area contributed by atoms with Crippen LogP contribution in [0.15, 0.2) is 17.5 Å². The third-order valence-corrected chi connectivity index (χ3v) is 3.71. The summed E-state index contributed by atoms with van der Waals surface area (Å²) in [6.45, 7) is 2.04. The minimum Gasteiger partial charge on any atom is -0.479 e. The third-order valence-electron chi connectivity index (χ3n) is 2.78. The van der Waals surface area contributed by atoms with Gasteiger partial charge in [0.05, 0.1) is 0 Å². The maximum Gasteiger partial charge on any atom is 0.331 e.